The van der Waals surface area contributed by atoms with E-state index in [-0.39, 0.29) is 16.8 Å². The van der Waals surface area contributed by atoms with Gasteiger partial charge < -0.3 is 5.32 Å². The van der Waals surface area contributed by atoms with Gasteiger partial charge >= 0.3 is 0 Å². The van der Waals surface area contributed by atoms with Crippen LogP contribution < -0.4 is 5.32 Å². The number of benzene rings is 1. The van der Waals surface area contributed by atoms with Crippen LogP contribution in [-0.4, -0.2) is 38.3 Å². The Morgan fingerprint density at radius 1 is 1.35 bits per heavy atom. The molecule has 23 heavy (non-hydrogen) atoms. The molecule has 0 saturated heterocycles. The average molecular weight is 336 g/mol. The fourth-order valence-electron chi connectivity index (χ4n) is 2.87. The molecular formula is C17H24N2O3S. The van der Waals surface area contributed by atoms with Crippen molar-refractivity contribution in [2.45, 2.75) is 43.0 Å². The molecule has 0 spiro atoms. The van der Waals surface area contributed by atoms with E-state index in [9.17, 15) is 13.2 Å². The SMILES string of the molecule is C=CCNC(=O)c1cccc(S(=O)(=O)N(C)C2CCCCC2)c1. The minimum absolute atomic E-state index is 0.0481. The number of nitrogens with one attached hydrogen (secondary N) is 1. The van der Waals surface area contributed by atoms with Crippen LogP contribution in [0.3, 0.4) is 0 Å². The Morgan fingerprint density at radius 3 is 2.70 bits per heavy atom. The number of carbonyl (C=O) groups is 1. The van der Waals surface area contributed by atoms with Gasteiger partial charge in [-0.15, -0.1) is 6.58 Å². The minimum Gasteiger partial charge on any atom is -0.349 e. The highest BCUT2D eigenvalue weighted by atomic mass is 32.2. The van der Waals surface area contributed by atoms with Crippen LogP contribution in [0.2, 0.25) is 0 Å². The van der Waals surface area contributed by atoms with E-state index in [0.29, 0.717) is 12.1 Å². The second-order valence-corrected chi connectivity index (χ2v) is 7.84. The number of amides is 1. The van der Waals surface area contributed by atoms with Crippen LogP contribution in [0.1, 0.15) is 42.5 Å². The molecule has 0 aromatic heterocycles. The summed E-state index contributed by atoms with van der Waals surface area (Å²) in [5, 5.41) is 2.65. The average Bonchev–Trinajstić information content (AvgIpc) is 2.59. The van der Waals surface area contributed by atoms with Crippen LogP contribution in [0.5, 0.6) is 0 Å². The molecular weight excluding hydrogens is 312 g/mol. The molecule has 1 fully saturated rings. The van der Waals surface area contributed by atoms with Crippen LogP contribution in [-0.2, 0) is 10.0 Å². The van der Waals surface area contributed by atoms with Gasteiger partial charge in [0.2, 0.25) is 10.0 Å². The number of carbonyl (C=O) groups excluding carboxylic acids is 1. The van der Waals surface area contributed by atoms with E-state index in [1.165, 1.54) is 16.8 Å². The number of nitrogens with zero attached hydrogens (tertiary/aromatic N) is 1. The summed E-state index contributed by atoms with van der Waals surface area (Å²) >= 11 is 0. The molecule has 6 heteroatoms. The Balaban J connectivity index is 2.22. The largest absolute Gasteiger partial charge is 0.349 e. The summed E-state index contributed by atoms with van der Waals surface area (Å²) in [5.41, 5.74) is 0.338. The van der Waals surface area contributed by atoms with Gasteiger partial charge in [0.1, 0.15) is 0 Å². The maximum atomic E-state index is 12.8. The van der Waals surface area contributed by atoms with Crippen LogP contribution in [0.25, 0.3) is 0 Å². The van der Waals surface area contributed by atoms with Crippen molar-refractivity contribution in [2.75, 3.05) is 13.6 Å². The zero-order valence-corrected chi connectivity index (χ0v) is 14.3. The maximum absolute atomic E-state index is 12.8. The summed E-state index contributed by atoms with van der Waals surface area (Å²) in [6.07, 6.45) is 6.67. The number of sulfonamides is 1. The fourth-order valence-corrected chi connectivity index (χ4v) is 4.33. The summed E-state index contributed by atoms with van der Waals surface area (Å²) in [6.45, 7) is 3.89. The van der Waals surface area contributed by atoms with Gasteiger partial charge in [0.15, 0.2) is 0 Å². The number of hydrogen-bond donors (Lipinski definition) is 1. The van der Waals surface area contributed by atoms with E-state index in [4.69, 9.17) is 0 Å². The molecule has 1 aromatic carbocycles. The highest BCUT2D eigenvalue weighted by Crippen LogP contribution is 2.26. The highest BCUT2D eigenvalue weighted by Gasteiger charge is 2.29. The van der Waals surface area contributed by atoms with Crippen molar-refractivity contribution in [3.63, 3.8) is 0 Å². The van der Waals surface area contributed by atoms with Gasteiger partial charge in [-0.2, -0.15) is 4.31 Å². The van der Waals surface area contributed by atoms with Crippen LogP contribution >= 0.6 is 0 Å². The lowest BCUT2D eigenvalue weighted by Crippen LogP contribution is -2.38. The molecule has 1 aliphatic carbocycles. The first-order valence-electron chi connectivity index (χ1n) is 7.94. The monoisotopic (exact) mass is 336 g/mol. The molecule has 1 aromatic rings. The van der Waals surface area contributed by atoms with Crippen molar-refractivity contribution in [2.24, 2.45) is 0 Å². The van der Waals surface area contributed by atoms with E-state index < -0.39 is 10.0 Å². The van der Waals surface area contributed by atoms with Gasteiger partial charge in [0.05, 0.1) is 4.90 Å². The molecule has 0 unspecified atom stereocenters. The second kappa shape index (κ2) is 7.75. The Hall–Kier alpha value is -1.66. The van der Waals surface area contributed by atoms with Crippen molar-refractivity contribution in [1.29, 1.82) is 0 Å². The number of rotatable bonds is 6. The molecule has 0 aliphatic heterocycles. The molecule has 1 amide bonds. The third-order valence-electron chi connectivity index (χ3n) is 4.27. The smallest absolute Gasteiger partial charge is 0.251 e. The maximum Gasteiger partial charge on any atom is 0.251 e. The van der Waals surface area contributed by atoms with Gasteiger partial charge in [-0.25, -0.2) is 8.42 Å². The van der Waals surface area contributed by atoms with E-state index in [0.717, 1.165) is 25.7 Å². The molecule has 1 N–H and O–H groups in total. The molecule has 1 aliphatic rings. The molecule has 2 rings (SSSR count). The topological polar surface area (TPSA) is 66.5 Å². The predicted octanol–water partition coefficient (Wildman–Crippen LogP) is 2.56. The molecule has 1 saturated carbocycles. The fraction of sp³-hybridized carbons (Fsp3) is 0.471. The first-order chi connectivity index (χ1) is 11.0. The van der Waals surface area contributed by atoms with Crippen LogP contribution in [0.4, 0.5) is 0 Å². The van der Waals surface area contributed by atoms with Gasteiger partial charge in [0.25, 0.3) is 5.91 Å². The summed E-state index contributed by atoms with van der Waals surface area (Å²) in [4.78, 5) is 12.2. The van der Waals surface area contributed by atoms with Crippen molar-refractivity contribution < 1.29 is 13.2 Å². The van der Waals surface area contributed by atoms with Crippen LogP contribution in [0, 0.1) is 0 Å². The lowest BCUT2D eigenvalue weighted by Gasteiger charge is -2.30. The zero-order chi connectivity index (χ0) is 16.9. The zero-order valence-electron chi connectivity index (χ0n) is 13.5. The second-order valence-electron chi connectivity index (χ2n) is 5.84. The summed E-state index contributed by atoms with van der Waals surface area (Å²) in [5.74, 6) is -0.303. The molecule has 126 valence electrons. The molecule has 0 heterocycles. The quantitative estimate of drug-likeness (QED) is 0.812. The lowest BCUT2D eigenvalue weighted by molar-refractivity contribution is 0.0958. The molecule has 5 nitrogen and oxygen atoms in total. The van der Waals surface area contributed by atoms with Gasteiger partial charge in [0, 0.05) is 25.2 Å². The minimum atomic E-state index is -3.58. The summed E-state index contributed by atoms with van der Waals surface area (Å²) < 4.78 is 27.1. The predicted molar refractivity (Wildman–Crippen MR) is 90.8 cm³/mol. The standard InChI is InChI=1S/C17H24N2O3S/c1-3-12-18-17(20)14-8-7-11-16(13-14)23(21,22)19(2)15-9-5-4-6-10-15/h3,7-8,11,13,15H,1,4-6,9-10,12H2,2H3,(H,18,20). The third-order valence-corrected chi connectivity index (χ3v) is 6.18. The summed E-state index contributed by atoms with van der Waals surface area (Å²) in [7, 11) is -1.95. The Morgan fingerprint density at radius 2 is 2.04 bits per heavy atom. The first kappa shape index (κ1) is 17.7. The first-order valence-corrected chi connectivity index (χ1v) is 9.38. The normalized spacial score (nSPS) is 16.3. The Labute approximate surface area is 138 Å². The van der Waals surface area contributed by atoms with Crippen LogP contribution in [0.15, 0.2) is 41.8 Å². The molecule has 0 radical (unpaired) electrons. The van der Waals surface area contributed by atoms with Crippen molar-refractivity contribution in [3.05, 3.63) is 42.5 Å². The van der Waals surface area contributed by atoms with E-state index in [2.05, 4.69) is 11.9 Å². The van der Waals surface area contributed by atoms with E-state index in [1.54, 1.807) is 31.3 Å². The lowest BCUT2D eigenvalue weighted by atomic mass is 9.96. The molecule has 0 atom stereocenters. The third kappa shape index (κ3) is 4.20. The van der Waals surface area contributed by atoms with E-state index in [1.807, 2.05) is 0 Å². The Bertz CT molecular complexity index is 664. The number of hydrogen-bond acceptors (Lipinski definition) is 3. The Kier molecular flexibility index (Phi) is 5.96. The van der Waals surface area contributed by atoms with Gasteiger partial charge in [-0.1, -0.05) is 31.4 Å². The van der Waals surface area contributed by atoms with Gasteiger partial charge in [-0.3, -0.25) is 4.79 Å². The van der Waals surface area contributed by atoms with Crippen molar-refractivity contribution >= 4 is 15.9 Å². The van der Waals surface area contributed by atoms with E-state index >= 15 is 0 Å². The summed E-state index contributed by atoms with van der Waals surface area (Å²) in [6, 6.07) is 6.24. The van der Waals surface area contributed by atoms with Crippen molar-refractivity contribution in [1.82, 2.24) is 9.62 Å². The molecule has 0 bridgehead atoms. The van der Waals surface area contributed by atoms with Gasteiger partial charge in [-0.05, 0) is 31.0 Å². The van der Waals surface area contributed by atoms with Crippen molar-refractivity contribution in [3.8, 4) is 0 Å². The highest BCUT2D eigenvalue weighted by molar-refractivity contribution is 7.89.